The molecule has 0 bridgehead atoms. The molecule has 3 nitrogen and oxygen atoms in total. The Kier molecular flexibility index (Phi) is 5.09. The molecule has 1 unspecified atom stereocenters. The minimum Gasteiger partial charge on any atom is -0.481 e. The van der Waals surface area contributed by atoms with E-state index in [0.717, 1.165) is 40.6 Å². The van der Waals surface area contributed by atoms with E-state index in [9.17, 15) is 9.90 Å². The van der Waals surface area contributed by atoms with Gasteiger partial charge in [0.05, 0.1) is 9.20 Å². The van der Waals surface area contributed by atoms with Gasteiger partial charge in [0, 0.05) is 22.4 Å². The first-order valence-corrected chi connectivity index (χ1v) is 8.76. The van der Waals surface area contributed by atoms with Crippen LogP contribution in [0, 0.1) is 5.41 Å². The van der Waals surface area contributed by atoms with Gasteiger partial charge in [-0.25, -0.2) is 0 Å². The minimum atomic E-state index is -0.634. The molecule has 0 aromatic carbocycles. The predicted octanol–water partition coefficient (Wildman–Crippen LogP) is 4.35. The third kappa shape index (κ3) is 3.40. The van der Waals surface area contributed by atoms with Crippen LogP contribution in [0.2, 0.25) is 0 Å². The summed E-state index contributed by atoms with van der Waals surface area (Å²) < 4.78 is 2.17. The number of likely N-dealkylation sites (tertiary alicyclic amines) is 1. The molecule has 1 aliphatic rings. The van der Waals surface area contributed by atoms with E-state index in [0.29, 0.717) is 6.54 Å². The van der Waals surface area contributed by atoms with Crippen LogP contribution in [0.1, 0.15) is 31.1 Å². The van der Waals surface area contributed by atoms with Crippen LogP contribution in [-0.4, -0.2) is 29.1 Å². The van der Waals surface area contributed by atoms with Gasteiger partial charge in [0.2, 0.25) is 0 Å². The van der Waals surface area contributed by atoms with E-state index in [1.165, 1.54) is 4.88 Å². The topological polar surface area (TPSA) is 40.5 Å². The van der Waals surface area contributed by atoms with Crippen molar-refractivity contribution in [3.8, 4) is 0 Å². The lowest BCUT2D eigenvalue weighted by atomic mass is 9.83. The average Bonchev–Trinajstić information content (AvgIpc) is 2.86. The summed E-state index contributed by atoms with van der Waals surface area (Å²) in [5.41, 5.74) is -0.527. The van der Waals surface area contributed by atoms with Crippen molar-refractivity contribution in [2.45, 2.75) is 32.7 Å². The molecule has 1 fully saturated rings. The summed E-state index contributed by atoms with van der Waals surface area (Å²) in [7, 11) is 0. The van der Waals surface area contributed by atoms with Crippen molar-refractivity contribution >= 4 is 49.2 Å². The van der Waals surface area contributed by atoms with Crippen molar-refractivity contribution in [1.29, 1.82) is 0 Å². The fraction of sp³-hybridized carbons (Fsp3) is 0.615. The minimum absolute atomic E-state index is 0.527. The summed E-state index contributed by atoms with van der Waals surface area (Å²) >= 11 is 8.69. The molecule has 0 spiro atoms. The number of rotatable bonds is 5. The smallest absolute Gasteiger partial charge is 0.310 e. The maximum absolute atomic E-state index is 11.5. The Morgan fingerprint density at radius 3 is 2.84 bits per heavy atom. The Balaban J connectivity index is 2.03. The summed E-state index contributed by atoms with van der Waals surface area (Å²) in [6.07, 6.45) is 2.47. The first-order chi connectivity index (χ1) is 8.97. The highest BCUT2D eigenvalue weighted by atomic mass is 79.9. The van der Waals surface area contributed by atoms with Gasteiger partial charge in [-0.15, -0.1) is 11.3 Å². The van der Waals surface area contributed by atoms with Crippen LogP contribution in [0.4, 0.5) is 0 Å². The molecule has 1 aromatic rings. The zero-order valence-corrected chi connectivity index (χ0v) is 14.8. The lowest BCUT2D eigenvalue weighted by molar-refractivity contribution is -0.148. The summed E-state index contributed by atoms with van der Waals surface area (Å²) in [5, 5.41) is 9.49. The van der Waals surface area contributed by atoms with Crippen molar-refractivity contribution in [3.63, 3.8) is 0 Å². The van der Waals surface area contributed by atoms with Gasteiger partial charge in [0.15, 0.2) is 0 Å². The highest BCUT2D eigenvalue weighted by molar-refractivity contribution is 9.13. The second kappa shape index (κ2) is 6.24. The molecule has 2 rings (SSSR count). The van der Waals surface area contributed by atoms with E-state index in [2.05, 4.69) is 49.7 Å². The fourth-order valence-corrected chi connectivity index (χ4v) is 4.97. The van der Waals surface area contributed by atoms with Crippen molar-refractivity contribution in [2.24, 2.45) is 5.41 Å². The number of thiophene rings is 1. The van der Waals surface area contributed by atoms with Gasteiger partial charge in [-0.2, -0.15) is 0 Å². The Bertz CT molecular complexity index is 458. The third-order valence-electron chi connectivity index (χ3n) is 3.69. The van der Waals surface area contributed by atoms with Crippen LogP contribution in [0.3, 0.4) is 0 Å². The van der Waals surface area contributed by atoms with E-state index in [1.807, 2.05) is 0 Å². The molecule has 0 aliphatic carbocycles. The van der Waals surface area contributed by atoms with Crippen LogP contribution in [0.5, 0.6) is 0 Å². The first kappa shape index (κ1) is 15.5. The molecule has 0 saturated carbocycles. The van der Waals surface area contributed by atoms with Gasteiger partial charge in [-0.1, -0.05) is 13.3 Å². The van der Waals surface area contributed by atoms with Crippen LogP contribution in [-0.2, 0) is 11.3 Å². The van der Waals surface area contributed by atoms with Gasteiger partial charge < -0.3 is 5.11 Å². The highest BCUT2D eigenvalue weighted by Gasteiger charge is 2.43. The van der Waals surface area contributed by atoms with Crippen molar-refractivity contribution in [3.05, 3.63) is 19.2 Å². The monoisotopic (exact) mass is 409 g/mol. The molecule has 1 atom stereocenters. The maximum Gasteiger partial charge on any atom is 0.310 e. The summed E-state index contributed by atoms with van der Waals surface area (Å²) in [5.74, 6) is -0.634. The largest absolute Gasteiger partial charge is 0.481 e. The average molecular weight is 411 g/mol. The molecular weight excluding hydrogens is 394 g/mol. The van der Waals surface area contributed by atoms with Crippen LogP contribution >= 0.6 is 43.2 Å². The number of carboxylic acid groups (broad SMARTS) is 1. The molecule has 0 radical (unpaired) electrons. The van der Waals surface area contributed by atoms with E-state index in [4.69, 9.17) is 0 Å². The highest BCUT2D eigenvalue weighted by Crippen LogP contribution is 2.38. The second-order valence-electron chi connectivity index (χ2n) is 5.13. The van der Waals surface area contributed by atoms with Gasteiger partial charge in [-0.05, 0) is 57.3 Å². The molecule has 1 N–H and O–H groups in total. The van der Waals surface area contributed by atoms with Crippen molar-refractivity contribution < 1.29 is 9.90 Å². The van der Waals surface area contributed by atoms with E-state index >= 15 is 0 Å². The summed E-state index contributed by atoms with van der Waals surface area (Å²) in [6, 6.07) is 2.11. The Morgan fingerprint density at radius 2 is 2.32 bits per heavy atom. The van der Waals surface area contributed by atoms with Crippen LogP contribution in [0.25, 0.3) is 0 Å². The second-order valence-corrected chi connectivity index (χ2v) is 8.44. The van der Waals surface area contributed by atoms with Gasteiger partial charge in [-0.3, -0.25) is 9.69 Å². The lowest BCUT2D eigenvalue weighted by Gasteiger charge is -2.24. The van der Waals surface area contributed by atoms with Crippen molar-refractivity contribution in [2.75, 3.05) is 13.1 Å². The number of carbonyl (C=O) groups is 1. The molecule has 2 heterocycles. The normalized spacial score (nSPS) is 23.9. The number of hydrogen-bond acceptors (Lipinski definition) is 3. The summed E-state index contributed by atoms with van der Waals surface area (Å²) in [6.45, 7) is 4.44. The molecule has 1 aliphatic heterocycles. The molecule has 19 heavy (non-hydrogen) atoms. The molecule has 106 valence electrons. The molecular formula is C13H17Br2NO2S. The standard InChI is InChI=1S/C13H17Br2NO2S/c1-2-3-13(12(17)18)4-5-16(8-13)7-9-6-10(14)11(15)19-9/h6H,2-5,7-8H2,1H3,(H,17,18). The molecule has 0 amide bonds. The van der Waals surface area contributed by atoms with Gasteiger partial charge in [0.25, 0.3) is 0 Å². The predicted molar refractivity (Wildman–Crippen MR) is 84.6 cm³/mol. The van der Waals surface area contributed by atoms with E-state index < -0.39 is 11.4 Å². The fourth-order valence-electron chi connectivity index (χ4n) is 2.75. The number of halogens is 2. The molecule has 1 aromatic heterocycles. The number of hydrogen-bond donors (Lipinski definition) is 1. The number of aliphatic carboxylic acids is 1. The Morgan fingerprint density at radius 1 is 1.58 bits per heavy atom. The first-order valence-electron chi connectivity index (χ1n) is 6.36. The van der Waals surface area contributed by atoms with Crippen molar-refractivity contribution in [1.82, 2.24) is 4.90 Å². The van der Waals surface area contributed by atoms with E-state index in [-0.39, 0.29) is 0 Å². The third-order valence-corrected chi connectivity index (χ3v) is 6.93. The Labute approximate surface area is 134 Å². The number of carboxylic acids is 1. The molecule has 6 heteroatoms. The summed E-state index contributed by atoms with van der Waals surface area (Å²) in [4.78, 5) is 15.0. The van der Waals surface area contributed by atoms with Crippen LogP contribution in [0.15, 0.2) is 14.3 Å². The zero-order chi connectivity index (χ0) is 14.0. The Hall–Kier alpha value is 0.0900. The number of nitrogens with zero attached hydrogens (tertiary/aromatic N) is 1. The van der Waals surface area contributed by atoms with E-state index in [1.54, 1.807) is 11.3 Å². The SMILES string of the molecule is CCCC1(C(=O)O)CCN(Cc2cc(Br)c(Br)s2)C1. The van der Waals surface area contributed by atoms with Crippen LogP contribution < -0.4 is 0 Å². The quantitative estimate of drug-likeness (QED) is 0.784. The van der Waals surface area contributed by atoms with Gasteiger partial charge in [0.1, 0.15) is 0 Å². The lowest BCUT2D eigenvalue weighted by Crippen LogP contribution is -2.34. The zero-order valence-electron chi connectivity index (χ0n) is 10.8. The molecule has 1 saturated heterocycles. The van der Waals surface area contributed by atoms with Gasteiger partial charge >= 0.3 is 5.97 Å². The maximum atomic E-state index is 11.5.